The highest BCUT2D eigenvalue weighted by Crippen LogP contribution is 2.28. The van der Waals surface area contributed by atoms with E-state index in [1.165, 1.54) is 0 Å². The Labute approximate surface area is 149 Å². The number of benzene rings is 2. The lowest BCUT2D eigenvalue weighted by molar-refractivity contribution is -0.130. The van der Waals surface area contributed by atoms with Gasteiger partial charge in [-0.15, -0.1) is 0 Å². The fourth-order valence-electron chi connectivity index (χ4n) is 2.98. The molecule has 25 heavy (non-hydrogen) atoms. The minimum Gasteiger partial charge on any atom is -0.341 e. The second-order valence-electron chi connectivity index (χ2n) is 6.19. The van der Waals surface area contributed by atoms with E-state index in [1.54, 1.807) is 17.3 Å². The molecule has 0 N–H and O–H groups in total. The summed E-state index contributed by atoms with van der Waals surface area (Å²) < 4.78 is 0. The largest absolute Gasteiger partial charge is 0.341 e. The fraction of sp³-hybridized carbons (Fsp3) is 0.182. The van der Waals surface area contributed by atoms with Crippen LogP contribution < -0.4 is 0 Å². The Balaban J connectivity index is 1.77. The second kappa shape index (κ2) is 8.25. The van der Waals surface area contributed by atoms with E-state index in [4.69, 9.17) is 0 Å². The third-order valence-corrected chi connectivity index (χ3v) is 4.35. The first-order valence-corrected chi connectivity index (χ1v) is 8.47. The van der Waals surface area contributed by atoms with Gasteiger partial charge in [0.15, 0.2) is 0 Å². The summed E-state index contributed by atoms with van der Waals surface area (Å²) in [5.74, 6) is 0.188. The highest BCUT2D eigenvalue weighted by Gasteiger charge is 2.20. The molecule has 0 bridgehead atoms. The molecule has 0 spiro atoms. The molecule has 3 aromatic rings. The average Bonchev–Trinajstić information content (AvgIpc) is 2.68. The van der Waals surface area contributed by atoms with Crippen molar-refractivity contribution in [2.24, 2.45) is 0 Å². The number of pyridine rings is 1. The topological polar surface area (TPSA) is 33.2 Å². The van der Waals surface area contributed by atoms with E-state index in [2.05, 4.69) is 29.2 Å². The van der Waals surface area contributed by atoms with Gasteiger partial charge in [-0.05, 0) is 22.8 Å². The van der Waals surface area contributed by atoms with Crippen molar-refractivity contribution in [1.29, 1.82) is 0 Å². The van der Waals surface area contributed by atoms with Crippen molar-refractivity contribution in [2.75, 3.05) is 7.05 Å². The summed E-state index contributed by atoms with van der Waals surface area (Å²) in [7, 11) is 1.85. The van der Waals surface area contributed by atoms with Crippen LogP contribution in [0, 0.1) is 0 Å². The van der Waals surface area contributed by atoms with Gasteiger partial charge in [-0.2, -0.15) is 0 Å². The van der Waals surface area contributed by atoms with Gasteiger partial charge in [0, 0.05) is 38.3 Å². The molecule has 1 aromatic heterocycles. The molecule has 0 aliphatic rings. The molecule has 0 aliphatic carbocycles. The zero-order valence-corrected chi connectivity index (χ0v) is 14.4. The van der Waals surface area contributed by atoms with E-state index in [0.717, 1.165) is 16.7 Å². The number of hydrogen-bond donors (Lipinski definition) is 0. The van der Waals surface area contributed by atoms with Crippen LogP contribution in [-0.4, -0.2) is 22.8 Å². The summed E-state index contributed by atoms with van der Waals surface area (Å²) in [6, 6.07) is 24.3. The van der Waals surface area contributed by atoms with Gasteiger partial charge in [0.25, 0.3) is 0 Å². The monoisotopic (exact) mass is 330 g/mol. The smallest absolute Gasteiger partial charge is 0.223 e. The molecule has 126 valence electrons. The SMILES string of the molecule is CN(Cc1cccnc1)C(=O)CC(c1ccccc1)c1ccccc1. The van der Waals surface area contributed by atoms with E-state index < -0.39 is 0 Å². The summed E-state index contributed by atoms with van der Waals surface area (Å²) >= 11 is 0. The zero-order chi connectivity index (χ0) is 17.5. The minimum absolute atomic E-state index is 0.0613. The van der Waals surface area contributed by atoms with Crippen LogP contribution in [0.3, 0.4) is 0 Å². The maximum absolute atomic E-state index is 12.8. The van der Waals surface area contributed by atoms with Gasteiger partial charge in [-0.25, -0.2) is 0 Å². The predicted molar refractivity (Wildman–Crippen MR) is 100 cm³/mol. The Hall–Kier alpha value is -2.94. The Bertz CT molecular complexity index is 749. The van der Waals surface area contributed by atoms with Crippen LogP contribution in [0.2, 0.25) is 0 Å². The van der Waals surface area contributed by atoms with Crippen LogP contribution >= 0.6 is 0 Å². The first-order chi connectivity index (χ1) is 12.2. The molecular formula is C22H22N2O. The molecule has 3 nitrogen and oxygen atoms in total. The molecule has 0 unspecified atom stereocenters. The number of carbonyl (C=O) groups excluding carboxylic acids is 1. The molecule has 0 fully saturated rings. The Morgan fingerprint density at radius 3 is 2.04 bits per heavy atom. The van der Waals surface area contributed by atoms with Gasteiger partial charge < -0.3 is 4.90 Å². The highest BCUT2D eigenvalue weighted by molar-refractivity contribution is 5.77. The molecule has 0 aliphatic heterocycles. The molecular weight excluding hydrogens is 308 g/mol. The summed E-state index contributed by atoms with van der Waals surface area (Å²) in [4.78, 5) is 18.7. The standard InChI is InChI=1S/C22H22N2O/c1-24(17-18-9-8-14-23-16-18)22(25)15-21(19-10-4-2-5-11-19)20-12-6-3-7-13-20/h2-14,16,21H,15,17H2,1H3. The predicted octanol–water partition coefficient (Wildman–Crippen LogP) is 4.26. The van der Waals surface area contributed by atoms with E-state index in [9.17, 15) is 4.79 Å². The van der Waals surface area contributed by atoms with E-state index in [1.807, 2.05) is 55.6 Å². The maximum atomic E-state index is 12.8. The van der Waals surface area contributed by atoms with Crippen LogP contribution in [0.15, 0.2) is 85.2 Å². The number of carbonyl (C=O) groups is 1. The Morgan fingerprint density at radius 2 is 1.52 bits per heavy atom. The number of hydrogen-bond acceptors (Lipinski definition) is 2. The van der Waals surface area contributed by atoms with Crippen LogP contribution in [0.25, 0.3) is 0 Å². The first-order valence-electron chi connectivity index (χ1n) is 8.47. The van der Waals surface area contributed by atoms with E-state index in [-0.39, 0.29) is 11.8 Å². The lowest BCUT2D eigenvalue weighted by atomic mass is 9.88. The van der Waals surface area contributed by atoms with Crippen LogP contribution in [-0.2, 0) is 11.3 Å². The number of amides is 1. The van der Waals surface area contributed by atoms with E-state index in [0.29, 0.717) is 13.0 Å². The van der Waals surface area contributed by atoms with Gasteiger partial charge >= 0.3 is 0 Å². The molecule has 2 aromatic carbocycles. The van der Waals surface area contributed by atoms with Crippen molar-refractivity contribution in [2.45, 2.75) is 18.9 Å². The van der Waals surface area contributed by atoms with Crippen LogP contribution in [0.1, 0.15) is 29.0 Å². The van der Waals surface area contributed by atoms with Crippen molar-refractivity contribution in [3.05, 3.63) is 102 Å². The summed E-state index contributed by atoms with van der Waals surface area (Å²) in [6.45, 7) is 0.572. The van der Waals surface area contributed by atoms with Crippen LogP contribution in [0.4, 0.5) is 0 Å². The first kappa shape index (κ1) is 16.9. The third kappa shape index (κ3) is 4.54. The molecule has 1 heterocycles. The van der Waals surface area contributed by atoms with Gasteiger partial charge in [0.1, 0.15) is 0 Å². The van der Waals surface area contributed by atoms with Crippen molar-refractivity contribution in [3.63, 3.8) is 0 Å². The molecule has 3 rings (SSSR count). The van der Waals surface area contributed by atoms with Gasteiger partial charge in [0.2, 0.25) is 5.91 Å². The molecule has 0 atom stereocenters. The summed E-state index contributed by atoms with van der Waals surface area (Å²) in [5.41, 5.74) is 3.36. The van der Waals surface area contributed by atoms with Crippen LogP contribution in [0.5, 0.6) is 0 Å². The molecule has 0 saturated carbocycles. The Kier molecular flexibility index (Phi) is 5.57. The molecule has 0 saturated heterocycles. The number of rotatable bonds is 6. The lowest BCUT2D eigenvalue weighted by Gasteiger charge is -2.22. The van der Waals surface area contributed by atoms with Gasteiger partial charge in [-0.3, -0.25) is 9.78 Å². The van der Waals surface area contributed by atoms with Crippen molar-refractivity contribution in [1.82, 2.24) is 9.88 Å². The summed E-state index contributed by atoms with van der Waals surface area (Å²) in [6.07, 6.45) is 3.99. The fourth-order valence-corrected chi connectivity index (χ4v) is 2.98. The summed E-state index contributed by atoms with van der Waals surface area (Å²) in [5, 5.41) is 0. The van der Waals surface area contributed by atoms with Crippen molar-refractivity contribution < 1.29 is 4.79 Å². The molecule has 3 heteroatoms. The molecule has 0 radical (unpaired) electrons. The molecule has 1 amide bonds. The van der Waals surface area contributed by atoms with Crippen molar-refractivity contribution in [3.8, 4) is 0 Å². The zero-order valence-electron chi connectivity index (χ0n) is 14.4. The maximum Gasteiger partial charge on any atom is 0.223 e. The van der Waals surface area contributed by atoms with E-state index >= 15 is 0 Å². The third-order valence-electron chi connectivity index (χ3n) is 4.35. The Morgan fingerprint density at radius 1 is 0.920 bits per heavy atom. The normalized spacial score (nSPS) is 10.6. The second-order valence-corrected chi connectivity index (χ2v) is 6.19. The van der Waals surface area contributed by atoms with Gasteiger partial charge in [-0.1, -0.05) is 66.7 Å². The highest BCUT2D eigenvalue weighted by atomic mass is 16.2. The number of nitrogens with zero attached hydrogens (tertiary/aromatic N) is 2. The quantitative estimate of drug-likeness (QED) is 0.676. The number of aromatic nitrogens is 1. The minimum atomic E-state index is 0.0613. The lowest BCUT2D eigenvalue weighted by Crippen LogP contribution is -2.27. The van der Waals surface area contributed by atoms with Crippen molar-refractivity contribution >= 4 is 5.91 Å². The van der Waals surface area contributed by atoms with Gasteiger partial charge in [0.05, 0.1) is 0 Å². The average molecular weight is 330 g/mol.